The third kappa shape index (κ3) is 5.42. The third-order valence-corrected chi connectivity index (χ3v) is 7.09. The summed E-state index contributed by atoms with van der Waals surface area (Å²) in [6, 6.07) is 10.3. The Labute approximate surface area is 202 Å². The highest BCUT2D eigenvalue weighted by atomic mass is 35.5. The van der Waals surface area contributed by atoms with E-state index in [0.717, 1.165) is 5.56 Å². The molecule has 2 aromatic carbocycles. The van der Waals surface area contributed by atoms with Crippen molar-refractivity contribution in [2.24, 2.45) is 5.92 Å². The molecule has 0 N–H and O–H groups in total. The van der Waals surface area contributed by atoms with Gasteiger partial charge in [0.25, 0.3) is 0 Å². The summed E-state index contributed by atoms with van der Waals surface area (Å²) in [6.07, 6.45) is 0.803. The summed E-state index contributed by atoms with van der Waals surface area (Å²) in [6.45, 7) is 1.98. The van der Waals surface area contributed by atoms with Crippen LogP contribution in [0.25, 0.3) is 0 Å². The highest BCUT2D eigenvalue weighted by Crippen LogP contribution is 2.35. The van der Waals surface area contributed by atoms with Gasteiger partial charge in [0.15, 0.2) is 0 Å². The second-order valence-electron chi connectivity index (χ2n) is 8.41. The highest BCUT2D eigenvalue weighted by molar-refractivity contribution is 6.42. The quantitative estimate of drug-likeness (QED) is 0.600. The van der Waals surface area contributed by atoms with Crippen LogP contribution in [0.3, 0.4) is 0 Å². The maximum atomic E-state index is 13.2. The van der Waals surface area contributed by atoms with Crippen LogP contribution in [0.1, 0.15) is 24.3 Å². The number of benzene rings is 2. The fourth-order valence-electron chi connectivity index (χ4n) is 4.44. The molecular formula is C24H25Cl2FN2O4. The number of likely N-dealkylation sites (N-methyl/N-ethyl adjacent to an activating group) is 1. The average Bonchev–Trinajstić information content (AvgIpc) is 3.27. The SMILES string of the molecule is CN(C(=O)Oc1ccc(F)cc1)C1CN(C(=O)C2CCOCC2)C[C@@H]1c1ccc(Cl)c(Cl)c1. The number of hydrogen-bond donors (Lipinski definition) is 0. The maximum Gasteiger partial charge on any atom is 0.415 e. The number of ether oxygens (including phenoxy) is 2. The number of amides is 2. The lowest BCUT2D eigenvalue weighted by Gasteiger charge is -2.29. The fourth-order valence-corrected chi connectivity index (χ4v) is 4.75. The van der Waals surface area contributed by atoms with Gasteiger partial charge in [-0.05, 0) is 54.8 Å². The number of hydrogen-bond acceptors (Lipinski definition) is 4. The van der Waals surface area contributed by atoms with E-state index >= 15 is 0 Å². The van der Waals surface area contributed by atoms with Crippen LogP contribution in [0.4, 0.5) is 9.18 Å². The molecule has 2 heterocycles. The lowest BCUT2D eigenvalue weighted by Crippen LogP contribution is -2.44. The van der Waals surface area contributed by atoms with Gasteiger partial charge in [0.1, 0.15) is 11.6 Å². The summed E-state index contributed by atoms with van der Waals surface area (Å²) in [5, 5.41) is 0.854. The molecular weight excluding hydrogens is 470 g/mol. The van der Waals surface area contributed by atoms with Crippen LogP contribution in [-0.2, 0) is 9.53 Å². The molecule has 6 nitrogen and oxygen atoms in total. The Morgan fingerprint density at radius 3 is 2.42 bits per heavy atom. The average molecular weight is 495 g/mol. The monoisotopic (exact) mass is 494 g/mol. The minimum absolute atomic E-state index is 0.0752. The van der Waals surface area contributed by atoms with E-state index in [9.17, 15) is 14.0 Å². The van der Waals surface area contributed by atoms with E-state index in [2.05, 4.69) is 0 Å². The maximum absolute atomic E-state index is 13.2. The van der Waals surface area contributed by atoms with Crippen molar-refractivity contribution in [1.29, 1.82) is 0 Å². The Kier molecular flexibility index (Phi) is 7.41. The van der Waals surface area contributed by atoms with Crippen molar-refractivity contribution in [3.63, 3.8) is 0 Å². The summed E-state index contributed by atoms with van der Waals surface area (Å²) >= 11 is 12.4. The summed E-state index contributed by atoms with van der Waals surface area (Å²) in [5.74, 6) is -0.350. The molecule has 2 saturated heterocycles. The van der Waals surface area contributed by atoms with E-state index in [4.69, 9.17) is 32.7 Å². The standard InChI is InChI=1S/C24H25Cl2FN2O4/c1-28(24(31)33-18-5-3-17(27)4-6-18)22-14-29(23(30)15-8-10-32-11-9-15)13-19(22)16-2-7-20(25)21(26)12-16/h2-7,12,15,19,22H,8-11,13-14H2,1H3/t19-,22?/m1/s1. The predicted molar refractivity (Wildman–Crippen MR) is 123 cm³/mol. The van der Waals surface area contributed by atoms with Gasteiger partial charge in [-0.15, -0.1) is 0 Å². The van der Waals surface area contributed by atoms with Gasteiger partial charge in [-0.25, -0.2) is 9.18 Å². The zero-order valence-corrected chi connectivity index (χ0v) is 19.7. The Hall–Kier alpha value is -2.35. The van der Waals surface area contributed by atoms with Crippen LogP contribution in [0.5, 0.6) is 5.75 Å². The lowest BCUT2D eigenvalue weighted by molar-refractivity contribution is -0.137. The van der Waals surface area contributed by atoms with Crippen molar-refractivity contribution in [2.45, 2.75) is 24.8 Å². The van der Waals surface area contributed by atoms with Crippen molar-refractivity contribution in [3.05, 3.63) is 63.9 Å². The van der Waals surface area contributed by atoms with Crippen molar-refractivity contribution in [1.82, 2.24) is 9.80 Å². The number of likely N-dealkylation sites (tertiary alicyclic amines) is 1. The zero-order valence-electron chi connectivity index (χ0n) is 18.2. The lowest BCUT2D eigenvalue weighted by atomic mass is 9.93. The summed E-state index contributed by atoms with van der Waals surface area (Å²) in [7, 11) is 1.64. The molecule has 2 aromatic rings. The Morgan fingerprint density at radius 2 is 1.76 bits per heavy atom. The van der Waals surface area contributed by atoms with Gasteiger partial charge in [-0.3, -0.25) is 4.79 Å². The van der Waals surface area contributed by atoms with E-state index in [1.807, 2.05) is 11.0 Å². The van der Waals surface area contributed by atoms with Crippen LogP contribution >= 0.6 is 23.2 Å². The molecule has 0 aliphatic carbocycles. The summed E-state index contributed by atoms with van der Waals surface area (Å²) in [5.41, 5.74) is 0.887. The topological polar surface area (TPSA) is 59.1 Å². The normalized spacial score (nSPS) is 21.2. The first-order chi connectivity index (χ1) is 15.8. The molecule has 2 atom stereocenters. The van der Waals surface area contributed by atoms with Crippen molar-refractivity contribution in [3.8, 4) is 5.75 Å². The molecule has 9 heteroatoms. The Bertz CT molecular complexity index is 1010. The van der Waals surface area contributed by atoms with Crippen LogP contribution in [-0.4, -0.2) is 61.2 Å². The number of halogens is 3. The fraction of sp³-hybridized carbons (Fsp3) is 0.417. The van der Waals surface area contributed by atoms with Crippen LogP contribution in [0, 0.1) is 11.7 Å². The third-order valence-electron chi connectivity index (χ3n) is 6.35. The van der Waals surface area contributed by atoms with Crippen molar-refractivity contribution in [2.75, 3.05) is 33.4 Å². The van der Waals surface area contributed by atoms with Gasteiger partial charge in [0.2, 0.25) is 5.91 Å². The van der Waals surface area contributed by atoms with Crippen LogP contribution in [0.15, 0.2) is 42.5 Å². The van der Waals surface area contributed by atoms with Gasteiger partial charge in [0, 0.05) is 45.2 Å². The van der Waals surface area contributed by atoms with E-state index in [-0.39, 0.29) is 29.5 Å². The molecule has 2 amide bonds. The van der Waals surface area contributed by atoms with Gasteiger partial charge >= 0.3 is 6.09 Å². The summed E-state index contributed by atoms with van der Waals surface area (Å²) < 4.78 is 24.0. The zero-order chi connectivity index (χ0) is 23.5. The molecule has 2 aliphatic rings. The second kappa shape index (κ2) is 10.3. The van der Waals surface area contributed by atoms with Gasteiger partial charge < -0.3 is 19.3 Å². The minimum atomic E-state index is -0.586. The minimum Gasteiger partial charge on any atom is -0.410 e. The van der Waals surface area contributed by atoms with E-state index in [0.29, 0.717) is 49.2 Å². The molecule has 33 heavy (non-hydrogen) atoms. The first-order valence-electron chi connectivity index (χ1n) is 10.8. The number of carbonyl (C=O) groups is 2. The molecule has 2 fully saturated rings. The molecule has 4 rings (SSSR count). The molecule has 176 valence electrons. The highest BCUT2D eigenvalue weighted by Gasteiger charge is 2.42. The van der Waals surface area contributed by atoms with Gasteiger partial charge in [0.05, 0.1) is 16.1 Å². The molecule has 1 unspecified atom stereocenters. The van der Waals surface area contributed by atoms with Crippen LogP contribution in [0.2, 0.25) is 10.0 Å². The van der Waals surface area contributed by atoms with Gasteiger partial charge in [-0.2, -0.15) is 0 Å². The van der Waals surface area contributed by atoms with E-state index in [1.165, 1.54) is 29.2 Å². The molecule has 0 spiro atoms. The molecule has 2 aliphatic heterocycles. The summed E-state index contributed by atoms with van der Waals surface area (Å²) in [4.78, 5) is 29.4. The Balaban J connectivity index is 1.55. The second-order valence-corrected chi connectivity index (χ2v) is 9.22. The smallest absolute Gasteiger partial charge is 0.410 e. The van der Waals surface area contributed by atoms with Gasteiger partial charge in [-0.1, -0.05) is 29.3 Å². The van der Waals surface area contributed by atoms with E-state index in [1.54, 1.807) is 19.2 Å². The molecule has 0 bridgehead atoms. The van der Waals surface area contributed by atoms with E-state index < -0.39 is 11.9 Å². The molecule has 0 saturated carbocycles. The van der Waals surface area contributed by atoms with Crippen LogP contribution < -0.4 is 4.74 Å². The first-order valence-corrected chi connectivity index (χ1v) is 11.6. The molecule has 0 aromatic heterocycles. The number of rotatable bonds is 4. The number of nitrogens with zero attached hydrogens (tertiary/aromatic N) is 2. The predicted octanol–water partition coefficient (Wildman–Crippen LogP) is 4.98. The number of carbonyl (C=O) groups excluding carboxylic acids is 2. The Morgan fingerprint density at radius 1 is 1.06 bits per heavy atom. The largest absolute Gasteiger partial charge is 0.415 e. The first kappa shape index (κ1) is 23.8. The molecule has 0 radical (unpaired) electrons. The van der Waals surface area contributed by atoms with Crippen molar-refractivity contribution < 1.29 is 23.5 Å². The van der Waals surface area contributed by atoms with Crippen molar-refractivity contribution >= 4 is 35.2 Å².